The van der Waals surface area contributed by atoms with Crippen LogP contribution in [0, 0.1) is 0 Å². The van der Waals surface area contributed by atoms with Gasteiger partial charge in [0.15, 0.2) is 0 Å². The molecule has 0 bridgehead atoms. The predicted molar refractivity (Wildman–Crippen MR) is 110 cm³/mol. The summed E-state index contributed by atoms with van der Waals surface area (Å²) >= 11 is 0. The molecule has 1 fully saturated rings. The van der Waals surface area contributed by atoms with E-state index >= 15 is 0 Å². The van der Waals surface area contributed by atoms with E-state index in [4.69, 9.17) is 4.74 Å². The lowest BCUT2D eigenvalue weighted by atomic mass is 10.1. The summed E-state index contributed by atoms with van der Waals surface area (Å²) in [5.74, 6) is 0.635. The zero-order chi connectivity index (χ0) is 19.3. The third kappa shape index (κ3) is 4.38. The number of rotatable bonds is 5. The molecule has 1 atom stereocenters. The molecule has 2 aromatic carbocycles. The van der Waals surface area contributed by atoms with Crippen molar-refractivity contribution in [1.29, 1.82) is 0 Å². The first-order valence-corrected chi connectivity index (χ1v) is 9.79. The first-order chi connectivity index (χ1) is 13.7. The van der Waals surface area contributed by atoms with Crippen LogP contribution < -0.4 is 5.56 Å². The number of aromatic nitrogens is 2. The second-order valence-corrected chi connectivity index (χ2v) is 7.14. The molecular weight excluding hydrogens is 350 g/mol. The molecule has 0 spiro atoms. The van der Waals surface area contributed by atoms with Gasteiger partial charge in [0.05, 0.1) is 12.7 Å². The third-order valence-corrected chi connectivity index (χ3v) is 5.09. The summed E-state index contributed by atoms with van der Waals surface area (Å²) in [6, 6.07) is 20.2. The van der Waals surface area contributed by atoms with E-state index in [0.29, 0.717) is 5.82 Å². The Morgan fingerprint density at radius 3 is 2.82 bits per heavy atom. The van der Waals surface area contributed by atoms with Gasteiger partial charge < -0.3 is 9.72 Å². The van der Waals surface area contributed by atoms with Gasteiger partial charge in [0.2, 0.25) is 0 Å². The number of nitrogens with zero attached hydrogens (tertiary/aromatic N) is 2. The van der Waals surface area contributed by atoms with Crippen LogP contribution in [0.3, 0.4) is 0 Å². The molecule has 0 aliphatic carbocycles. The number of aromatic amines is 1. The molecule has 0 radical (unpaired) electrons. The molecule has 144 valence electrons. The van der Waals surface area contributed by atoms with E-state index in [9.17, 15) is 4.79 Å². The summed E-state index contributed by atoms with van der Waals surface area (Å²) in [6.45, 7) is 5.36. The number of morpholine rings is 1. The maximum absolute atomic E-state index is 11.9. The van der Waals surface area contributed by atoms with Crippen LogP contribution in [0.15, 0.2) is 65.5 Å². The van der Waals surface area contributed by atoms with Crippen LogP contribution in [0.5, 0.6) is 0 Å². The largest absolute Gasteiger partial charge is 0.371 e. The van der Waals surface area contributed by atoms with Gasteiger partial charge in [-0.25, -0.2) is 4.98 Å². The Kier molecular flexibility index (Phi) is 5.65. The Morgan fingerprint density at radius 1 is 1.14 bits per heavy atom. The highest BCUT2D eigenvalue weighted by Crippen LogP contribution is 2.24. The van der Waals surface area contributed by atoms with Crippen molar-refractivity contribution in [2.75, 3.05) is 19.7 Å². The zero-order valence-corrected chi connectivity index (χ0v) is 16.1. The van der Waals surface area contributed by atoms with Crippen molar-refractivity contribution in [2.45, 2.75) is 26.0 Å². The third-order valence-electron chi connectivity index (χ3n) is 5.09. The normalized spacial score (nSPS) is 17.5. The molecule has 1 aromatic heterocycles. The fraction of sp³-hybridized carbons (Fsp3) is 0.304. The van der Waals surface area contributed by atoms with Gasteiger partial charge in [0.1, 0.15) is 5.82 Å². The lowest BCUT2D eigenvalue weighted by Gasteiger charge is -2.33. The van der Waals surface area contributed by atoms with Crippen molar-refractivity contribution in [3.8, 4) is 11.4 Å². The Morgan fingerprint density at radius 2 is 2.00 bits per heavy atom. The van der Waals surface area contributed by atoms with Gasteiger partial charge in [0.25, 0.3) is 5.56 Å². The maximum Gasteiger partial charge on any atom is 0.251 e. The maximum atomic E-state index is 11.9. The topological polar surface area (TPSA) is 58.2 Å². The van der Waals surface area contributed by atoms with Gasteiger partial charge in [-0.1, -0.05) is 55.5 Å². The average Bonchev–Trinajstić information content (AvgIpc) is 2.74. The number of aryl methyl sites for hydroxylation is 1. The molecule has 0 amide bonds. The van der Waals surface area contributed by atoms with Gasteiger partial charge in [-0.05, 0) is 23.6 Å². The number of hydrogen-bond acceptors (Lipinski definition) is 4. The van der Waals surface area contributed by atoms with E-state index in [0.717, 1.165) is 43.9 Å². The molecule has 5 nitrogen and oxygen atoms in total. The summed E-state index contributed by atoms with van der Waals surface area (Å²) in [5.41, 5.74) is 4.07. The first-order valence-electron chi connectivity index (χ1n) is 9.79. The second-order valence-electron chi connectivity index (χ2n) is 7.14. The Hall–Kier alpha value is -2.76. The number of hydrogen-bond donors (Lipinski definition) is 1. The molecule has 3 aromatic rings. The van der Waals surface area contributed by atoms with Crippen LogP contribution in [-0.4, -0.2) is 34.6 Å². The minimum absolute atomic E-state index is 0.105. The molecular formula is C23H25N3O2. The fourth-order valence-corrected chi connectivity index (χ4v) is 3.62. The Bertz CT molecular complexity index is 984. The standard InChI is InChI=1S/C23H25N3O2/c1-2-20-14-22(27)25-23(24-20)19-10-6-7-17(13-19)15-26-11-12-28-21(16-26)18-8-4-3-5-9-18/h3-10,13-14,21H,2,11-12,15-16H2,1H3,(H,24,25,27). The summed E-state index contributed by atoms with van der Waals surface area (Å²) in [7, 11) is 0. The van der Waals surface area contributed by atoms with Crippen molar-refractivity contribution in [3.63, 3.8) is 0 Å². The Balaban J connectivity index is 1.51. The lowest BCUT2D eigenvalue weighted by molar-refractivity contribution is -0.0329. The van der Waals surface area contributed by atoms with Gasteiger partial charge in [-0.3, -0.25) is 9.69 Å². The van der Waals surface area contributed by atoms with Crippen LogP contribution in [0.25, 0.3) is 11.4 Å². The fourth-order valence-electron chi connectivity index (χ4n) is 3.62. The average molecular weight is 375 g/mol. The van der Waals surface area contributed by atoms with E-state index in [1.165, 1.54) is 11.1 Å². The Labute approximate surface area is 165 Å². The van der Waals surface area contributed by atoms with E-state index in [1.54, 1.807) is 6.07 Å². The molecule has 0 saturated carbocycles. The van der Waals surface area contributed by atoms with Crippen molar-refractivity contribution >= 4 is 0 Å². The molecule has 28 heavy (non-hydrogen) atoms. The summed E-state index contributed by atoms with van der Waals surface area (Å²) in [4.78, 5) is 21.7. The molecule has 2 heterocycles. The van der Waals surface area contributed by atoms with E-state index < -0.39 is 0 Å². The molecule has 1 N–H and O–H groups in total. The summed E-state index contributed by atoms with van der Waals surface area (Å²) in [5, 5.41) is 0. The van der Waals surface area contributed by atoms with E-state index in [1.807, 2.05) is 25.1 Å². The highest BCUT2D eigenvalue weighted by molar-refractivity contribution is 5.56. The van der Waals surface area contributed by atoms with Crippen LogP contribution in [0.4, 0.5) is 0 Å². The van der Waals surface area contributed by atoms with Crippen LogP contribution in [0.2, 0.25) is 0 Å². The van der Waals surface area contributed by atoms with Gasteiger partial charge in [-0.2, -0.15) is 0 Å². The molecule has 1 aliphatic rings. The van der Waals surface area contributed by atoms with Crippen molar-refractivity contribution in [3.05, 3.63) is 87.8 Å². The molecule has 1 aliphatic heterocycles. The van der Waals surface area contributed by atoms with Crippen molar-refractivity contribution in [2.24, 2.45) is 0 Å². The number of ether oxygens (including phenoxy) is 1. The van der Waals surface area contributed by atoms with Crippen molar-refractivity contribution in [1.82, 2.24) is 14.9 Å². The van der Waals surface area contributed by atoms with E-state index in [-0.39, 0.29) is 11.7 Å². The smallest absolute Gasteiger partial charge is 0.251 e. The number of benzene rings is 2. The summed E-state index contributed by atoms with van der Waals surface area (Å²) in [6.07, 6.45) is 0.850. The van der Waals surface area contributed by atoms with Crippen LogP contribution in [-0.2, 0) is 17.7 Å². The number of nitrogens with one attached hydrogen (secondary N) is 1. The minimum atomic E-state index is -0.105. The van der Waals surface area contributed by atoms with E-state index in [2.05, 4.69) is 51.3 Å². The zero-order valence-electron chi connectivity index (χ0n) is 16.1. The molecule has 1 saturated heterocycles. The first kappa shape index (κ1) is 18.6. The molecule has 5 heteroatoms. The minimum Gasteiger partial charge on any atom is -0.371 e. The summed E-state index contributed by atoms with van der Waals surface area (Å²) < 4.78 is 5.97. The van der Waals surface area contributed by atoms with Gasteiger partial charge in [0, 0.05) is 37.0 Å². The monoisotopic (exact) mass is 375 g/mol. The quantitative estimate of drug-likeness (QED) is 0.741. The van der Waals surface area contributed by atoms with Crippen molar-refractivity contribution < 1.29 is 4.74 Å². The van der Waals surface area contributed by atoms with Gasteiger partial charge >= 0.3 is 0 Å². The molecule has 4 rings (SSSR count). The number of H-pyrrole nitrogens is 1. The lowest BCUT2D eigenvalue weighted by Crippen LogP contribution is -2.37. The SMILES string of the molecule is CCc1cc(=O)[nH]c(-c2cccc(CN3CCOC(c4ccccc4)C3)c2)n1. The molecule has 1 unspecified atom stereocenters. The predicted octanol–water partition coefficient (Wildman–Crippen LogP) is 3.57. The van der Waals surface area contributed by atoms with Crippen LogP contribution >= 0.6 is 0 Å². The van der Waals surface area contributed by atoms with Gasteiger partial charge in [-0.15, -0.1) is 0 Å². The highest BCUT2D eigenvalue weighted by atomic mass is 16.5. The second kappa shape index (κ2) is 8.50. The highest BCUT2D eigenvalue weighted by Gasteiger charge is 2.22. The van der Waals surface area contributed by atoms with Crippen LogP contribution in [0.1, 0.15) is 29.8 Å².